The molecule has 0 N–H and O–H groups in total. The molecule has 0 unspecified atom stereocenters. The number of amides is 1. The second-order valence-corrected chi connectivity index (χ2v) is 7.30. The summed E-state index contributed by atoms with van der Waals surface area (Å²) in [6.45, 7) is 5.84. The van der Waals surface area contributed by atoms with Crippen LogP contribution in [0.1, 0.15) is 23.7 Å². The molecule has 0 saturated carbocycles. The Hall–Kier alpha value is -3.03. The lowest BCUT2D eigenvalue weighted by atomic mass is 10.1. The quantitative estimate of drug-likeness (QED) is 0.758. The Kier molecular flexibility index (Phi) is 5.42. The zero-order chi connectivity index (χ0) is 20.4. The van der Waals surface area contributed by atoms with E-state index >= 15 is 0 Å². The number of aliphatic imine (C=N–C) groups is 2. The van der Waals surface area contributed by atoms with E-state index in [0.29, 0.717) is 36.2 Å². The van der Waals surface area contributed by atoms with Gasteiger partial charge in [0.1, 0.15) is 11.7 Å². The first-order valence-electron chi connectivity index (χ1n) is 9.99. The molecule has 0 radical (unpaired) electrons. The number of nitrogens with zero attached hydrogens (tertiary/aromatic N) is 5. The molecule has 1 atom stereocenters. The number of fused-ring (bicyclic) bond motifs is 1. The highest BCUT2D eigenvalue weighted by atomic mass is 16.5. The molecule has 8 nitrogen and oxygen atoms in total. The van der Waals surface area contributed by atoms with Gasteiger partial charge in [-0.2, -0.15) is 0 Å². The fourth-order valence-corrected chi connectivity index (χ4v) is 3.81. The van der Waals surface area contributed by atoms with E-state index in [2.05, 4.69) is 27.8 Å². The Balaban J connectivity index is 1.40. The van der Waals surface area contributed by atoms with Gasteiger partial charge < -0.3 is 24.2 Å². The van der Waals surface area contributed by atoms with Crippen LogP contribution in [0.5, 0.6) is 11.5 Å². The number of hydrogen-bond donors (Lipinski definition) is 0. The predicted molar refractivity (Wildman–Crippen MR) is 112 cm³/mol. The second kappa shape index (κ2) is 8.14. The van der Waals surface area contributed by atoms with E-state index in [0.717, 1.165) is 37.7 Å². The Labute approximate surface area is 171 Å². The lowest BCUT2D eigenvalue weighted by Gasteiger charge is -2.37. The Bertz CT molecular complexity index is 871. The summed E-state index contributed by atoms with van der Waals surface area (Å²) < 4.78 is 10.6. The van der Waals surface area contributed by atoms with E-state index in [1.165, 1.54) is 0 Å². The summed E-state index contributed by atoms with van der Waals surface area (Å²) in [5.74, 6) is 3.10. The van der Waals surface area contributed by atoms with E-state index in [1.54, 1.807) is 32.4 Å². The number of carbonyl (C=O) groups is 1. The lowest BCUT2D eigenvalue weighted by Crippen LogP contribution is -2.48. The van der Waals surface area contributed by atoms with E-state index < -0.39 is 0 Å². The maximum Gasteiger partial charge on any atom is 0.254 e. The number of hydrogen-bond acceptors (Lipinski definition) is 7. The minimum atomic E-state index is 0.00357. The van der Waals surface area contributed by atoms with Gasteiger partial charge in [-0.15, -0.1) is 0 Å². The van der Waals surface area contributed by atoms with Crippen molar-refractivity contribution >= 4 is 18.1 Å². The number of benzene rings is 1. The van der Waals surface area contributed by atoms with Crippen LogP contribution in [-0.2, 0) is 0 Å². The smallest absolute Gasteiger partial charge is 0.254 e. The number of carbonyl (C=O) groups excluding carboxylic acids is 1. The normalized spacial score (nSPS) is 20.9. The van der Waals surface area contributed by atoms with Gasteiger partial charge in [0.2, 0.25) is 0 Å². The Morgan fingerprint density at radius 3 is 2.59 bits per heavy atom. The molecule has 3 heterocycles. The molecule has 29 heavy (non-hydrogen) atoms. The van der Waals surface area contributed by atoms with Gasteiger partial charge in [-0.25, -0.2) is 4.99 Å². The van der Waals surface area contributed by atoms with Crippen LogP contribution < -0.4 is 9.47 Å². The Morgan fingerprint density at radius 1 is 1.14 bits per heavy atom. The summed E-state index contributed by atoms with van der Waals surface area (Å²) in [7, 11) is 3.15. The number of amidine groups is 1. The summed E-state index contributed by atoms with van der Waals surface area (Å²) in [5, 5.41) is 0. The van der Waals surface area contributed by atoms with Crippen molar-refractivity contribution in [1.82, 2.24) is 14.7 Å². The van der Waals surface area contributed by atoms with Crippen LogP contribution in [-0.4, -0.2) is 85.8 Å². The fraction of sp³-hybridized carbons (Fsp3) is 0.476. The molecule has 1 fully saturated rings. The summed E-state index contributed by atoms with van der Waals surface area (Å²) in [4.78, 5) is 28.5. The van der Waals surface area contributed by atoms with E-state index in [1.807, 2.05) is 11.2 Å². The molecule has 3 aliphatic heterocycles. The lowest BCUT2D eigenvalue weighted by molar-refractivity contribution is 0.0668. The molecule has 1 saturated heterocycles. The summed E-state index contributed by atoms with van der Waals surface area (Å²) in [6.07, 6.45) is 4.97. The highest BCUT2D eigenvalue weighted by molar-refractivity contribution is 6.03. The molecule has 0 bridgehead atoms. The highest BCUT2D eigenvalue weighted by Gasteiger charge is 2.28. The molecule has 0 aliphatic carbocycles. The fourth-order valence-electron chi connectivity index (χ4n) is 3.81. The molecular formula is C21H27N5O3. The van der Waals surface area contributed by atoms with Crippen molar-refractivity contribution in [3.63, 3.8) is 0 Å². The van der Waals surface area contributed by atoms with Crippen LogP contribution >= 0.6 is 0 Å². The number of piperazine rings is 1. The van der Waals surface area contributed by atoms with E-state index in [-0.39, 0.29) is 5.91 Å². The summed E-state index contributed by atoms with van der Waals surface area (Å²) in [5.41, 5.74) is 0.604. The van der Waals surface area contributed by atoms with Gasteiger partial charge >= 0.3 is 0 Å². The predicted octanol–water partition coefficient (Wildman–Crippen LogP) is 1.84. The molecule has 4 rings (SSSR count). The first-order valence-corrected chi connectivity index (χ1v) is 9.99. The zero-order valence-corrected chi connectivity index (χ0v) is 17.2. The van der Waals surface area contributed by atoms with Gasteiger partial charge in [0, 0.05) is 44.4 Å². The third-order valence-electron chi connectivity index (χ3n) is 5.60. The molecule has 1 aromatic rings. The maximum absolute atomic E-state index is 12.9. The third-order valence-corrected chi connectivity index (χ3v) is 5.60. The molecule has 1 amide bonds. The minimum absolute atomic E-state index is 0.00357. The molecule has 0 spiro atoms. The molecule has 8 heteroatoms. The summed E-state index contributed by atoms with van der Waals surface area (Å²) >= 11 is 0. The van der Waals surface area contributed by atoms with Crippen molar-refractivity contribution < 1.29 is 14.3 Å². The molecule has 154 valence electrons. The first-order chi connectivity index (χ1) is 14.1. The molecule has 3 aliphatic rings. The van der Waals surface area contributed by atoms with Crippen LogP contribution in [0.25, 0.3) is 0 Å². The average Bonchev–Trinajstić information content (AvgIpc) is 3.20. The monoisotopic (exact) mass is 397 g/mol. The van der Waals surface area contributed by atoms with Crippen LogP contribution in [0.4, 0.5) is 0 Å². The van der Waals surface area contributed by atoms with Gasteiger partial charge in [0.25, 0.3) is 5.91 Å². The average molecular weight is 397 g/mol. The third kappa shape index (κ3) is 3.79. The maximum atomic E-state index is 12.9. The molecule has 0 aromatic heterocycles. The number of rotatable bonds is 5. The van der Waals surface area contributed by atoms with Crippen molar-refractivity contribution in [3.8, 4) is 11.5 Å². The first kappa shape index (κ1) is 19.3. The van der Waals surface area contributed by atoms with Gasteiger partial charge in [0.15, 0.2) is 11.5 Å². The van der Waals surface area contributed by atoms with E-state index in [4.69, 9.17) is 14.5 Å². The largest absolute Gasteiger partial charge is 0.493 e. The van der Waals surface area contributed by atoms with Crippen LogP contribution in [0.3, 0.4) is 0 Å². The van der Waals surface area contributed by atoms with Gasteiger partial charge in [-0.05, 0) is 24.6 Å². The van der Waals surface area contributed by atoms with Crippen LogP contribution in [0.2, 0.25) is 0 Å². The van der Waals surface area contributed by atoms with E-state index in [9.17, 15) is 4.79 Å². The van der Waals surface area contributed by atoms with Gasteiger partial charge in [-0.1, -0.05) is 6.92 Å². The van der Waals surface area contributed by atoms with Crippen molar-refractivity contribution in [2.45, 2.75) is 19.4 Å². The van der Waals surface area contributed by atoms with Crippen molar-refractivity contribution in [3.05, 3.63) is 35.7 Å². The standard InChI is InChI=1S/C21H27N5O3/c1-4-16-13-26-14-22-19(12-20(26)23-16)24-7-9-25(10-8-24)21(27)15-5-6-17(28-2)18(11-15)29-3/h5-6,11-12,14,16H,4,7-10,13H2,1-3H3/t16-/m0/s1. The highest BCUT2D eigenvalue weighted by Crippen LogP contribution is 2.28. The second-order valence-electron chi connectivity index (χ2n) is 7.30. The number of methoxy groups -OCH3 is 2. The zero-order valence-electron chi connectivity index (χ0n) is 17.2. The topological polar surface area (TPSA) is 70.0 Å². The van der Waals surface area contributed by atoms with Gasteiger partial charge in [-0.3, -0.25) is 9.79 Å². The minimum Gasteiger partial charge on any atom is -0.493 e. The van der Waals surface area contributed by atoms with Crippen molar-refractivity contribution in [2.24, 2.45) is 9.98 Å². The van der Waals surface area contributed by atoms with Crippen molar-refractivity contribution in [2.75, 3.05) is 46.9 Å². The molecule has 1 aromatic carbocycles. The summed E-state index contributed by atoms with van der Waals surface area (Å²) in [6, 6.07) is 5.63. The Morgan fingerprint density at radius 2 is 1.90 bits per heavy atom. The van der Waals surface area contributed by atoms with Gasteiger partial charge in [0.05, 0.1) is 26.6 Å². The van der Waals surface area contributed by atoms with Crippen LogP contribution in [0, 0.1) is 0 Å². The van der Waals surface area contributed by atoms with Crippen LogP contribution in [0.15, 0.2) is 40.1 Å². The SMILES string of the molecule is CC[C@H]1CN2C=NC(N3CCN(C(=O)c4ccc(OC)c(OC)c4)CC3)=CC2=N1. The number of ether oxygens (including phenoxy) is 2. The molecular weight excluding hydrogens is 370 g/mol. The van der Waals surface area contributed by atoms with Crippen molar-refractivity contribution in [1.29, 1.82) is 0 Å².